The van der Waals surface area contributed by atoms with E-state index >= 15 is 0 Å². The molecule has 0 amide bonds. The lowest BCUT2D eigenvalue weighted by molar-refractivity contribution is 0.503. The molecule has 7 nitrogen and oxygen atoms in total. The van der Waals surface area contributed by atoms with Crippen LogP contribution in [0, 0.1) is 0 Å². The third-order valence-electron chi connectivity index (χ3n) is 2.24. The summed E-state index contributed by atoms with van der Waals surface area (Å²) >= 11 is 5.94. The Balaban J connectivity index is 2.71. The molecule has 1 heterocycles. The van der Waals surface area contributed by atoms with Gasteiger partial charge in [-0.15, -0.1) is 0 Å². The number of hydrogen-bond donors (Lipinski definition) is 2. The van der Waals surface area contributed by atoms with Crippen LogP contribution in [0.5, 0.6) is 0 Å². The molecule has 19 heavy (non-hydrogen) atoms. The van der Waals surface area contributed by atoms with Gasteiger partial charge in [-0.3, -0.25) is 4.79 Å². The molecule has 0 radical (unpaired) electrons. The first-order valence-corrected chi connectivity index (χ1v) is 7.95. The highest BCUT2D eigenvalue weighted by atomic mass is 35.5. The first-order valence-electron chi connectivity index (χ1n) is 5.68. The highest BCUT2D eigenvalue weighted by Crippen LogP contribution is 2.15. The maximum atomic E-state index is 11.8. The van der Waals surface area contributed by atoms with Gasteiger partial charge < -0.3 is 5.32 Å². The van der Waals surface area contributed by atoms with Gasteiger partial charge in [-0.2, -0.15) is 5.10 Å². The van der Waals surface area contributed by atoms with Crippen molar-refractivity contribution in [2.45, 2.75) is 19.9 Å². The molecule has 0 fully saturated rings. The van der Waals surface area contributed by atoms with Gasteiger partial charge in [0.15, 0.2) is 0 Å². The first kappa shape index (κ1) is 15.9. The third-order valence-corrected chi connectivity index (χ3v) is 3.33. The maximum Gasteiger partial charge on any atom is 0.287 e. The molecule has 0 saturated heterocycles. The van der Waals surface area contributed by atoms with Crippen LogP contribution in [0.3, 0.4) is 0 Å². The summed E-state index contributed by atoms with van der Waals surface area (Å²) in [5.74, 6) is 0. The van der Waals surface area contributed by atoms with Crippen LogP contribution in [0.1, 0.15) is 19.9 Å². The molecule has 9 heteroatoms. The Bertz CT molecular complexity index is 597. The standard InChI is InChI=1S/C10H17ClN4O3S/c1-7(2)15-10(16)9(11)8(6-13-15)12-4-5-14-19(3,17)18/h6-7,12,14H,4-5H2,1-3H3. The van der Waals surface area contributed by atoms with Gasteiger partial charge in [-0.05, 0) is 13.8 Å². The van der Waals surface area contributed by atoms with E-state index in [0.717, 1.165) is 6.26 Å². The summed E-state index contributed by atoms with van der Waals surface area (Å²) in [7, 11) is -3.22. The second-order valence-corrected chi connectivity index (χ2v) is 6.52. The molecule has 0 aliphatic carbocycles. The topological polar surface area (TPSA) is 93.1 Å². The van der Waals surface area contributed by atoms with E-state index in [-0.39, 0.29) is 23.2 Å². The molecular weight excluding hydrogens is 292 g/mol. The Labute approximate surface area is 117 Å². The van der Waals surface area contributed by atoms with E-state index in [1.54, 1.807) is 0 Å². The van der Waals surface area contributed by atoms with Crippen molar-refractivity contribution in [1.29, 1.82) is 0 Å². The average molecular weight is 309 g/mol. The summed E-state index contributed by atoms with van der Waals surface area (Å²) in [6.07, 6.45) is 2.52. The molecule has 1 aromatic heterocycles. The zero-order valence-corrected chi connectivity index (χ0v) is 12.5. The van der Waals surface area contributed by atoms with E-state index in [1.165, 1.54) is 10.9 Å². The number of anilines is 1. The SMILES string of the molecule is CC(C)n1ncc(NCCNS(C)(=O)=O)c(Cl)c1=O. The van der Waals surface area contributed by atoms with Crippen molar-refractivity contribution < 1.29 is 8.42 Å². The van der Waals surface area contributed by atoms with Crippen LogP contribution in [0.4, 0.5) is 5.69 Å². The summed E-state index contributed by atoms with van der Waals surface area (Å²) in [6.45, 7) is 4.16. The lowest BCUT2D eigenvalue weighted by Crippen LogP contribution is -2.29. The lowest BCUT2D eigenvalue weighted by Gasteiger charge is -2.12. The second kappa shape index (κ2) is 6.36. The molecule has 0 bridgehead atoms. The monoisotopic (exact) mass is 308 g/mol. The quantitative estimate of drug-likeness (QED) is 0.744. The fraction of sp³-hybridized carbons (Fsp3) is 0.600. The Morgan fingerprint density at radius 2 is 2.05 bits per heavy atom. The van der Waals surface area contributed by atoms with E-state index in [0.29, 0.717) is 12.2 Å². The molecule has 2 N–H and O–H groups in total. The highest BCUT2D eigenvalue weighted by Gasteiger charge is 2.10. The maximum absolute atomic E-state index is 11.8. The highest BCUT2D eigenvalue weighted by molar-refractivity contribution is 7.88. The summed E-state index contributed by atoms with van der Waals surface area (Å²) in [4.78, 5) is 11.8. The Morgan fingerprint density at radius 3 is 2.58 bits per heavy atom. The summed E-state index contributed by atoms with van der Waals surface area (Å²) in [6, 6.07) is -0.0778. The van der Waals surface area contributed by atoms with Gasteiger partial charge in [0.25, 0.3) is 5.56 Å². The molecule has 0 spiro atoms. The second-order valence-electron chi connectivity index (χ2n) is 4.31. The van der Waals surface area contributed by atoms with Crippen molar-refractivity contribution in [2.24, 2.45) is 0 Å². The van der Waals surface area contributed by atoms with Crippen LogP contribution >= 0.6 is 11.6 Å². The molecule has 0 unspecified atom stereocenters. The van der Waals surface area contributed by atoms with Crippen LogP contribution in [0.15, 0.2) is 11.0 Å². The van der Waals surface area contributed by atoms with Crippen LogP contribution in [-0.2, 0) is 10.0 Å². The number of halogens is 1. The van der Waals surface area contributed by atoms with Crippen molar-refractivity contribution in [1.82, 2.24) is 14.5 Å². The number of rotatable bonds is 6. The average Bonchev–Trinajstić information content (AvgIpc) is 2.28. The minimum absolute atomic E-state index is 0.0445. The normalized spacial score (nSPS) is 11.8. The van der Waals surface area contributed by atoms with Crippen molar-refractivity contribution in [2.75, 3.05) is 24.7 Å². The molecule has 1 aromatic rings. The summed E-state index contributed by atoms with van der Waals surface area (Å²) in [5.41, 5.74) is 0.0107. The molecule has 1 rings (SSSR count). The van der Waals surface area contributed by atoms with Gasteiger partial charge in [-0.1, -0.05) is 11.6 Å². The summed E-state index contributed by atoms with van der Waals surface area (Å²) in [5, 5.41) is 6.89. The van der Waals surface area contributed by atoms with E-state index in [9.17, 15) is 13.2 Å². The minimum Gasteiger partial charge on any atom is -0.381 e. The number of sulfonamides is 1. The molecule has 0 aliphatic rings. The third kappa shape index (κ3) is 4.81. The van der Waals surface area contributed by atoms with Crippen LogP contribution < -0.4 is 15.6 Å². The Kier molecular flexibility index (Phi) is 5.33. The number of nitrogens with zero attached hydrogens (tertiary/aromatic N) is 2. The van der Waals surface area contributed by atoms with E-state index in [1.807, 2.05) is 13.8 Å². The van der Waals surface area contributed by atoms with Crippen LogP contribution in [0.2, 0.25) is 5.02 Å². The summed E-state index contributed by atoms with van der Waals surface area (Å²) < 4.78 is 25.3. The van der Waals surface area contributed by atoms with Crippen molar-refractivity contribution >= 4 is 27.3 Å². The van der Waals surface area contributed by atoms with Crippen LogP contribution in [-0.4, -0.2) is 37.5 Å². The fourth-order valence-corrected chi connectivity index (χ4v) is 2.04. The molecular formula is C10H17ClN4O3S. The van der Waals surface area contributed by atoms with Gasteiger partial charge >= 0.3 is 0 Å². The zero-order chi connectivity index (χ0) is 14.6. The molecule has 0 aromatic carbocycles. The van der Waals surface area contributed by atoms with Gasteiger partial charge in [0.1, 0.15) is 5.02 Å². The zero-order valence-electron chi connectivity index (χ0n) is 11.0. The van der Waals surface area contributed by atoms with Crippen molar-refractivity contribution in [3.05, 3.63) is 21.6 Å². The largest absolute Gasteiger partial charge is 0.381 e. The van der Waals surface area contributed by atoms with Gasteiger partial charge in [0, 0.05) is 13.1 Å². The molecule has 0 aliphatic heterocycles. The van der Waals surface area contributed by atoms with E-state index < -0.39 is 10.0 Å². The predicted octanol–water partition coefficient (Wildman–Crippen LogP) is 0.439. The van der Waals surface area contributed by atoms with Gasteiger partial charge in [-0.25, -0.2) is 17.8 Å². The number of nitrogens with one attached hydrogen (secondary N) is 2. The fourth-order valence-electron chi connectivity index (χ4n) is 1.37. The first-order chi connectivity index (χ1) is 8.72. The number of hydrogen-bond acceptors (Lipinski definition) is 5. The van der Waals surface area contributed by atoms with E-state index in [4.69, 9.17) is 11.6 Å². The van der Waals surface area contributed by atoms with Crippen molar-refractivity contribution in [3.8, 4) is 0 Å². The van der Waals surface area contributed by atoms with Gasteiger partial charge in [0.2, 0.25) is 10.0 Å². The molecule has 0 saturated carbocycles. The molecule has 108 valence electrons. The smallest absolute Gasteiger partial charge is 0.287 e. The minimum atomic E-state index is -3.22. The molecule has 0 atom stereocenters. The van der Waals surface area contributed by atoms with E-state index in [2.05, 4.69) is 15.1 Å². The Hall–Kier alpha value is -1.12. The van der Waals surface area contributed by atoms with Crippen LogP contribution in [0.25, 0.3) is 0 Å². The lowest BCUT2D eigenvalue weighted by atomic mass is 10.4. The predicted molar refractivity (Wildman–Crippen MR) is 75.2 cm³/mol. The Morgan fingerprint density at radius 1 is 1.42 bits per heavy atom. The number of aromatic nitrogens is 2. The van der Waals surface area contributed by atoms with Crippen molar-refractivity contribution in [3.63, 3.8) is 0 Å². The van der Waals surface area contributed by atoms with Gasteiger partial charge in [0.05, 0.1) is 24.2 Å².